The van der Waals surface area contributed by atoms with Crippen LogP contribution in [0.4, 0.5) is 0 Å². The average Bonchev–Trinajstić information content (AvgIpc) is 0.803. The summed E-state index contributed by atoms with van der Waals surface area (Å²) in [6.07, 6.45) is 0. The molecule has 16 aromatic rings. The Kier molecular flexibility index (Phi) is 24.8. The third kappa shape index (κ3) is 18.7. The molecule has 115 heavy (non-hydrogen) atoms. The highest BCUT2D eigenvalue weighted by Gasteiger charge is 2.22. The van der Waals surface area contributed by atoms with E-state index in [1.165, 1.54) is 0 Å². The number of aryl methyl sites for hydroxylation is 1. The van der Waals surface area contributed by atoms with E-state index in [1.54, 1.807) is 110 Å². The number of phenolic OH excluding ortho intramolecular Hbond substituents is 4. The Morgan fingerprint density at radius 1 is 0.183 bits per heavy atom. The smallest absolute Gasteiger partial charge is 0.167 e. The van der Waals surface area contributed by atoms with Crippen LogP contribution in [0, 0.1) is 6.92 Å². The van der Waals surface area contributed by atoms with Gasteiger partial charge in [-0.25, -0.2) is 59.8 Å². The molecule has 0 saturated heterocycles. The predicted molar refractivity (Wildman–Crippen MR) is 442 cm³/mol. The number of para-hydroxylation sites is 6. The molecular weight excluding hydrogens is 1450 g/mol. The van der Waals surface area contributed by atoms with Crippen molar-refractivity contribution in [2.24, 2.45) is 0 Å². The second kappa shape index (κ2) is 36.8. The van der Waals surface area contributed by atoms with E-state index in [0.29, 0.717) is 109 Å². The lowest BCUT2D eigenvalue weighted by molar-refractivity contribution is 0.414. The number of methoxy groups -OCH3 is 7. The number of hydrogen-bond donors (Lipinski definition) is 4. The second-order valence-electron chi connectivity index (χ2n) is 25.2. The first kappa shape index (κ1) is 77.6. The Morgan fingerprint density at radius 3 is 0.643 bits per heavy atom. The van der Waals surface area contributed by atoms with E-state index in [-0.39, 0.29) is 23.0 Å². The molecular formula is C92H76N12O11. The van der Waals surface area contributed by atoms with Crippen molar-refractivity contribution < 1.29 is 53.6 Å². The van der Waals surface area contributed by atoms with Gasteiger partial charge in [-0.3, -0.25) is 0 Å². The third-order valence-electron chi connectivity index (χ3n) is 17.8. The van der Waals surface area contributed by atoms with Crippen molar-refractivity contribution in [1.29, 1.82) is 0 Å². The van der Waals surface area contributed by atoms with Crippen molar-refractivity contribution in [2.75, 3.05) is 49.8 Å². The van der Waals surface area contributed by atoms with Crippen LogP contribution in [0.1, 0.15) is 5.56 Å². The summed E-state index contributed by atoms with van der Waals surface area (Å²) >= 11 is 0. The Balaban J connectivity index is 0.000000134. The van der Waals surface area contributed by atoms with Crippen LogP contribution < -0.4 is 33.2 Å². The Bertz CT molecular complexity index is 5880. The summed E-state index contributed by atoms with van der Waals surface area (Å²) in [4.78, 5) is 55.6. The molecule has 0 unspecified atom stereocenters. The van der Waals surface area contributed by atoms with E-state index in [2.05, 4.69) is 59.8 Å². The lowest BCUT2D eigenvalue weighted by Gasteiger charge is -2.12. The fraction of sp³-hybridized carbons (Fsp3) is 0.0870. The van der Waals surface area contributed by atoms with Crippen molar-refractivity contribution in [3.8, 4) is 200 Å². The predicted octanol–water partition coefficient (Wildman–Crippen LogP) is 18.7. The first-order chi connectivity index (χ1) is 56.2. The van der Waals surface area contributed by atoms with Gasteiger partial charge in [0.1, 0.15) is 63.2 Å². The third-order valence-corrected chi connectivity index (χ3v) is 17.8. The number of benzene rings is 12. The molecule has 0 atom stereocenters. The molecule has 12 aromatic carbocycles. The van der Waals surface area contributed by atoms with Gasteiger partial charge in [0.25, 0.3) is 0 Å². The number of aromatic hydroxyl groups is 4. The van der Waals surface area contributed by atoms with Gasteiger partial charge in [0.2, 0.25) is 0 Å². The van der Waals surface area contributed by atoms with Crippen molar-refractivity contribution >= 4 is 0 Å². The molecule has 570 valence electrons. The molecule has 0 fully saturated rings. The van der Waals surface area contributed by atoms with Crippen LogP contribution >= 0.6 is 0 Å². The van der Waals surface area contributed by atoms with Crippen molar-refractivity contribution in [3.05, 3.63) is 297 Å². The van der Waals surface area contributed by atoms with Crippen LogP contribution in [0.3, 0.4) is 0 Å². The normalized spacial score (nSPS) is 10.6. The molecule has 0 aliphatic rings. The van der Waals surface area contributed by atoms with Gasteiger partial charge in [-0.1, -0.05) is 109 Å². The molecule has 0 bridgehead atoms. The van der Waals surface area contributed by atoms with Gasteiger partial charge in [-0.15, -0.1) is 0 Å². The zero-order valence-corrected chi connectivity index (χ0v) is 63.7. The maximum Gasteiger partial charge on any atom is 0.167 e. The summed E-state index contributed by atoms with van der Waals surface area (Å²) in [5, 5.41) is 41.4. The van der Waals surface area contributed by atoms with Crippen LogP contribution in [-0.4, -0.2) is 130 Å². The van der Waals surface area contributed by atoms with Gasteiger partial charge < -0.3 is 53.6 Å². The average molecular weight is 1530 g/mol. The van der Waals surface area contributed by atoms with Crippen molar-refractivity contribution in [2.45, 2.75) is 6.92 Å². The van der Waals surface area contributed by atoms with Gasteiger partial charge in [0, 0.05) is 27.8 Å². The summed E-state index contributed by atoms with van der Waals surface area (Å²) in [5.74, 6) is 10.9. The van der Waals surface area contributed by atoms with Crippen LogP contribution in [-0.2, 0) is 0 Å². The maximum absolute atomic E-state index is 10.5. The molecule has 0 saturated carbocycles. The molecule has 16 rings (SSSR count). The minimum atomic E-state index is 0.0932. The van der Waals surface area contributed by atoms with Gasteiger partial charge in [0.05, 0.1) is 88.7 Å². The molecule has 0 spiro atoms. The topological polar surface area (TPSA) is 300 Å². The van der Waals surface area contributed by atoms with Gasteiger partial charge >= 0.3 is 0 Å². The first-order valence-corrected chi connectivity index (χ1v) is 35.9. The Morgan fingerprint density at radius 2 is 0.391 bits per heavy atom. The lowest BCUT2D eigenvalue weighted by atomic mass is 10.1. The summed E-state index contributed by atoms with van der Waals surface area (Å²) in [7, 11) is 11.3. The first-order valence-electron chi connectivity index (χ1n) is 35.9. The van der Waals surface area contributed by atoms with Crippen LogP contribution in [0.25, 0.3) is 137 Å². The second-order valence-corrected chi connectivity index (χ2v) is 25.2. The van der Waals surface area contributed by atoms with Gasteiger partial charge in [-0.05, 0) is 194 Å². The van der Waals surface area contributed by atoms with Gasteiger partial charge in [-0.2, -0.15) is 0 Å². The fourth-order valence-electron chi connectivity index (χ4n) is 11.8. The van der Waals surface area contributed by atoms with E-state index in [4.69, 9.17) is 33.2 Å². The zero-order chi connectivity index (χ0) is 80.2. The number of phenols is 4. The number of rotatable bonds is 19. The highest BCUT2D eigenvalue weighted by molar-refractivity contribution is 5.77. The minimum absolute atomic E-state index is 0.0932. The number of hydrogen-bond acceptors (Lipinski definition) is 23. The number of aromatic nitrogens is 12. The quantitative estimate of drug-likeness (QED) is 0.0585. The molecule has 4 aromatic heterocycles. The summed E-state index contributed by atoms with van der Waals surface area (Å²) in [6, 6.07) is 88.6. The highest BCUT2D eigenvalue weighted by atomic mass is 16.5. The van der Waals surface area contributed by atoms with E-state index in [1.807, 2.05) is 237 Å². The molecule has 0 aliphatic heterocycles. The van der Waals surface area contributed by atoms with Crippen molar-refractivity contribution in [3.63, 3.8) is 0 Å². The number of ether oxygens (including phenoxy) is 7. The summed E-state index contributed by atoms with van der Waals surface area (Å²) in [6.45, 7) is 1.92. The summed E-state index contributed by atoms with van der Waals surface area (Å²) < 4.78 is 37.4. The Hall–Kier alpha value is -15.5. The van der Waals surface area contributed by atoms with E-state index < -0.39 is 0 Å². The standard InChI is InChI=1S/C24H21N3O3.2C23H19N3O3.C22H17N3O2/c1-15-4-13-20(21(28)14-15)24-26-22(16-5-9-18(29-2)10-6-16)25-23(27-24)17-7-11-19(30-3)12-8-17;1-28-19-13-7-4-10-16(19)22-24-21(15-9-3-6-12-18(15)27)25-23(26-22)17-11-5-8-14-20(17)29-2;1-28-16-13-11-15(12-14-16)21-24-22(17-7-3-5-9-19(17)27)26-23(25-21)18-8-4-6-10-20(18)29-2;1-27-17-13-11-16(12-14-17)21-23-20(15-7-3-2-4-8-15)24-22(25-21)18-9-5-6-10-19(18)26/h4-14,28H,1-3H3;2*3-14,27H,1-2H3;2-14,26H,1H3. The Labute approximate surface area is 663 Å². The molecule has 23 heteroatoms. The lowest BCUT2D eigenvalue weighted by Crippen LogP contribution is -2.02. The molecule has 0 radical (unpaired) electrons. The highest BCUT2D eigenvalue weighted by Crippen LogP contribution is 2.39. The largest absolute Gasteiger partial charge is 0.507 e. The molecule has 4 heterocycles. The van der Waals surface area contributed by atoms with Crippen molar-refractivity contribution in [1.82, 2.24) is 59.8 Å². The number of nitrogens with zero attached hydrogens (tertiary/aromatic N) is 12. The molecule has 23 nitrogen and oxygen atoms in total. The van der Waals surface area contributed by atoms with Crippen LogP contribution in [0.15, 0.2) is 291 Å². The van der Waals surface area contributed by atoms with Crippen LogP contribution in [0.2, 0.25) is 0 Å². The van der Waals surface area contributed by atoms with Gasteiger partial charge in [0.15, 0.2) is 69.9 Å². The van der Waals surface area contributed by atoms with Crippen LogP contribution in [0.5, 0.6) is 63.2 Å². The van der Waals surface area contributed by atoms with E-state index in [9.17, 15) is 20.4 Å². The zero-order valence-electron chi connectivity index (χ0n) is 63.7. The maximum atomic E-state index is 10.5. The summed E-state index contributed by atoms with van der Waals surface area (Å²) in [5.41, 5.74) is 9.47. The SMILES string of the molecule is COc1ccc(-c2nc(-c3ccc(OC)cc3)nc(-c3ccc(C)cc3O)n2)cc1.COc1ccc(-c2nc(-c3ccccc3)nc(-c3ccccc3O)n2)cc1.COc1ccc(-c2nc(-c3ccccc3O)nc(-c3ccccc3OC)n2)cc1.COc1ccccc1-c1nc(-c2ccccc2O)nc(-c2ccccc2OC)n1. The fourth-order valence-corrected chi connectivity index (χ4v) is 11.8. The van der Waals surface area contributed by atoms with E-state index >= 15 is 0 Å². The monoisotopic (exact) mass is 1520 g/mol. The molecule has 0 amide bonds. The molecule has 0 aliphatic carbocycles. The molecule has 4 N–H and O–H groups in total. The van der Waals surface area contributed by atoms with E-state index in [0.717, 1.165) is 73.1 Å². The minimum Gasteiger partial charge on any atom is -0.507 e.